The number of ether oxygens (including phenoxy) is 1. The van der Waals surface area contributed by atoms with Crippen molar-refractivity contribution < 1.29 is 9.53 Å². The summed E-state index contributed by atoms with van der Waals surface area (Å²) in [7, 11) is 0. The average molecular weight is 353 g/mol. The molecule has 5 nitrogen and oxygen atoms in total. The zero-order chi connectivity index (χ0) is 17.8. The van der Waals surface area contributed by atoms with Gasteiger partial charge in [-0.3, -0.25) is 9.78 Å². The monoisotopic (exact) mass is 353 g/mol. The molecule has 26 heavy (non-hydrogen) atoms. The summed E-state index contributed by atoms with van der Waals surface area (Å²) in [5.74, 6) is 0.752. The molecule has 1 unspecified atom stereocenters. The Morgan fingerprint density at radius 1 is 1.15 bits per heavy atom. The van der Waals surface area contributed by atoms with Crippen LogP contribution in [0.15, 0.2) is 36.5 Å². The molecule has 0 spiro atoms. The number of amides is 1. The molecule has 2 saturated heterocycles. The van der Waals surface area contributed by atoms with Crippen LogP contribution < -0.4 is 0 Å². The van der Waals surface area contributed by atoms with Gasteiger partial charge in [0.1, 0.15) is 0 Å². The minimum absolute atomic E-state index is 0.103. The molecule has 4 rings (SSSR count). The first-order chi connectivity index (χ1) is 12.8. The number of nitrogens with zero attached hydrogens (tertiary/aromatic N) is 3. The molecule has 5 heteroatoms. The molecule has 1 aromatic heterocycles. The van der Waals surface area contributed by atoms with Gasteiger partial charge < -0.3 is 14.5 Å². The first-order valence-electron chi connectivity index (χ1n) is 9.74. The summed E-state index contributed by atoms with van der Waals surface area (Å²) >= 11 is 0. The summed E-state index contributed by atoms with van der Waals surface area (Å²) < 4.78 is 5.61. The molecule has 0 bridgehead atoms. The van der Waals surface area contributed by atoms with E-state index in [9.17, 15) is 4.79 Å². The fraction of sp³-hybridized carbons (Fsp3) is 0.524. The third kappa shape index (κ3) is 4.05. The predicted octanol–water partition coefficient (Wildman–Crippen LogP) is 2.81. The van der Waals surface area contributed by atoms with Crippen LogP contribution in [0.5, 0.6) is 0 Å². The largest absolute Gasteiger partial charge is 0.381 e. The summed E-state index contributed by atoms with van der Waals surface area (Å²) in [5, 5.41) is 1.02. The van der Waals surface area contributed by atoms with Crippen molar-refractivity contribution in [3.05, 3.63) is 42.1 Å². The van der Waals surface area contributed by atoms with Gasteiger partial charge in [-0.05, 0) is 43.9 Å². The number of benzene rings is 1. The topological polar surface area (TPSA) is 45.7 Å². The minimum Gasteiger partial charge on any atom is -0.381 e. The van der Waals surface area contributed by atoms with Crippen molar-refractivity contribution in [3.63, 3.8) is 0 Å². The van der Waals surface area contributed by atoms with Crippen LogP contribution in [0.2, 0.25) is 0 Å². The number of hydrogen-bond acceptors (Lipinski definition) is 4. The number of carbonyl (C=O) groups excluding carboxylic acids is 1. The van der Waals surface area contributed by atoms with Crippen molar-refractivity contribution in [2.24, 2.45) is 5.92 Å². The Balaban J connectivity index is 1.38. The fourth-order valence-corrected chi connectivity index (χ4v) is 4.04. The molecule has 0 radical (unpaired) electrons. The third-order valence-corrected chi connectivity index (χ3v) is 5.48. The highest BCUT2D eigenvalue weighted by Crippen LogP contribution is 2.18. The van der Waals surface area contributed by atoms with Gasteiger partial charge in [-0.15, -0.1) is 0 Å². The van der Waals surface area contributed by atoms with Gasteiger partial charge in [-0.25, -0.2) is 0 Å². The van der Waals surface area contributed by atoms with Crippen molar-refractivity contribution in [2.75, 3.05) is 45.9 Å². The van der Waals surface area contributed by atoms with Crippen molar-refractivity contribution in [1.29, 1.82) is 0 Å². The number of aromatic nitrogens is 1. The molecule has 1 amide bonds. The van der Waals surface area contributed by atoms with E-state index in [1.165, 1.54) is 12.8 Å². The van der Waals surface area contributed by atoms with E-state index >= 15 is 0 Å². The van der Waals surface area contributed by atoms with Crippen molar-refractivity contribution >= 4 is 16.8 Å². The zero-order valence-corrected chi connectivity index (χ0v) is 15.3. The average Bonchev–Trinajstić information content (AvgIpc) is 2.93. The standard InChI is InChI=1S/C21H27N3O2/c25-21(19-13-18-6-1-2-7-20(18)22-14-19)24-9-4-8-23(10-11-24)15-17-5-3-12-26-16-17/h1-2,6-7,13-14,17H,3-5,8-12,15-16H2. The van der Waals surface area contributed by atoms with Gasteiger partial charge in [-0.1, -0.05) is 18.2 Å². The summed E-state index contributed by atoms with van der Waals surface area (Å²) in [4.78, 5) is 21.9. The highest BCUT2D eigenvalue weighted by Gasteiger charge is 2.23. The number of pyridine rings is 1. The van der Waals surface area contributed by atoms with Crippen LogP contribution in [-0.4, -0.2) is 66.6 Å². The van der Waals surface area contributed by atoms with Crippen LogP contribution in [0.4, 0.5) is 0 Å². The summed E-state index contributed by atoms with van der Waals surface area (Å²) in [6.45, 7) is 6.53. The Labute approximate surface area is 154 Å². The Kier molecular flexibility index (Phi) is 5.46. The van der Waals surface area contributed by atoms with Crippen LogP contribution in [0.1, 0.15) is 29.6 Å². The lowest BCUT2D eigenvalue weighted by Crippen LogP contribution is -2.38. The molecule has 2 aromatic rings. The van der Waals surface area contributed by atoms with Gasteiger partial charge in [0, 0.05) is 44.4 Å². The first kappa shape index (κ1) is 17.4. The van der Waals surface area contributed by atoms with E-state index < -0.39 is 0 Å². The van der Waals surface area contributed by atoms with E-state index in [2.05, 4.69) is 9.88 Å². The van der Waals surface area contributed by atoms with E-state index in [-0.39, 0.29) is 5.91 Å². The van der Waals surface area contributed by atoms with Crippen LogP contribution in [-0.2, 0) is 4.74 Å². The Bertz CT molecular complexity index is 758. The number of carbonyl (C=O) groups is 1. The molecule has 2 aliphatic heterocycles. The van der Waals surface area contributed by atoms with Gasteiger partial charge in [0.25, 0.3) is 5.91 Å². The van der Waals surface area contributed by atoms with Crippen LogP contribution >= 0.6 is 0 Å². The fourth-order valence-electron chi connectivity index (χ4n) is 4.04. The summed E-state index contributed by atoms with van der Waals surface area (Å²) in [5.41, 5.74) is 1.62. The second kappa shape index (κ2) is 8.14. The van der Waals surface area contributed by atoms with Crippen LogP contribution in [0.3, 0.4) is 0 Å². The lowest BCUT2D eigenvalue weighted by molar-refractivity contribution is 0.0389. The maximum absolute atomic E-state index is 12.9. The maximum Gasteiger partial charge on any atom is 0.255 e. The van der Waals surface area contributed by atoms with E-state index in [0.717, 1.165) is 63.3 Å². The molecular formula is C21H27N3O2. The SMILES string of the molecule is O=C(c1cnc2ccccc2c1)N1CCCN(CC2CCCOC2)CC1. The van der Waals surface area contributed by atoms with E-state index in [1.807, 2.05) is 35.2 Å². The number of fused-ring (bicyclic) bond motifs is 1. The van der Waals surface area contributed by atoms with Gasteiger partial charge >= 0.3 is 0 Å². The van der Waals surface area contributed by atoms with Crippen molar-refractivity contribution in [2.45, 2.75) is 19.3 Å². The highest BCUT2D eigenvalue weighted by molar-refractivity contribution is 5.97. The van der Waals surface area contributed by atoms with E-state index in [0.29, 0.717) is 11.5 Å². The van der Waals surface area contributed by atoms with E-state index in [1.54, 1.807) is 6.20 Å². The Hall–Kier alpha value is -1.98. The molecule has 1 atom stereocenters. The second-order valence-electron chi connectivity index (χ2n) is 7.45. The van der Waals surface area contributed by atoms with Crippen LogP contribution in [0.25, 0.3) is 10.9 Å². The van der Waals surface area contributed by atoms with Crippen molar-refractivity contribution in [3.8, 4) is 0 Å². The normalized spacial score (nSPS) is 22.3. The molecule has 0 N–H and O–H groups in total. The summed E-state index contributed by atoms with van der Waals surface area (Å²) in [6.07, 6.45) is 5.19. The molecule has 3 heterocycles. The van der Waals surface area contributed by atoms with Gasteiger partial charge in [-0.2, -0.15) is 0 Å². The molecule has 0 aliphatic carbocycles. The van der Waals surface area contributed by atoms with E-state index in [4.69, 9.17) is 4.74 Å². The smallest absolute Gasteiger partial charge is 0.255 e. The van der Waals surface area contributed by atoms with Crippen molar-refractivity contribution in [1.82, 2.24) is 14.8 Å². The molecule has 2 aliphatic rings. The lowest BCUT2D eigenvalue weighted by Gasteiger charge is -2.28. The summed E-state index contributed by atoms with van der Waals surface area (Å²) in [6, 6.07) is 9.90. The highest BCUT2D eigenvalue weighted by atomic mass is 16.5. The van der Waals surface area contributed by atoms with Gasteiger partial charge in [0.15, 0.2) is 0 Å². The van der Waals surface area contributed by atoms with Gasteiger partial charge in [0.2, 0.25) is 0 Å². The maximum atomic E-state index is 12.9. The third-order valence-electron chi connectivity index (χ3n) is 5.48. The Morgan fingerprint density at radius 2 is 2.08 bits per heavy atom. The van der Waals surface area contributed by atoms with Gasteiger partial charge in [0.05, 0.1) is 17.7 Å². The van der Waals surface area contributed by atoms with Crippen LogP contribution in [0, 0.1) is 5.92 Å². The first-order valence-corrected chi connectivity index (χ1v) is 9.74. The quantitative estimate of drug-likeness (QED) is 0.851. The predicted molar refractivity (Wildman–Crippen MR) is 102 cm³/mol. The molecular weight excluding hydrogens is 326 g/mol. The molecule has 0 saturated carbocycles. The zero-order valence-electron chi connectivity index (χ0n) is 15.3. The molecule has 1 aromatic carbocycles. The Morgan fingerprint density at radius 3 is 2.96 bits per heavy atom. The minimum atomic E-state index is 0.103. The number of rotatable bonds is 3. The lowest BCUT2D eigenvalue weighted by atomic mass is 10.0. The second-order valence-corrected chi connectivity index (χ2v) is 7.45. The molecule has 2 fully saturated rings. The number of hydrogen-bond donors (Lipinski definition) is 0. The number of para-hydroxylation sites is 1. The molecule has 138 valence electrons.